The monoisotopic (exact) mass is 288 g/mol. The topological polar surface area (TPSA) is 0 Å². The first-order valence-corrected chi connectivity index (χ1v) is 5.71. The zero-order valence-electron chi connectivity index (χ0n) is 6.63. The number of halogens is 2. The molecule has 0 heterocycles. The van der Waals surface area contributed by atoms with Gasteiger partial charge in [-0.15, -0.1) is 0 Å². The van der Waals surface area contributed by atoms with E-state index in [0.29, 0.717) is 5.92 Å². The second-order valence-electron chi connectivity index (χ2n) is 3.26. The van der Waals surface area contributed by atoms with Gasteiger partial charge in [-0.25, -0.2) is 0 Å². The molecule has 12 heavy (non-hydrogen) atoms. The molecular formula is C10H10Br2. The van der Waals surface area contributed by atoms with Crippen molar-refractivity contribution in [2.75, 3.05) is 0 Å². The van der Waals surface area contributed by atoms with Crippen molar-refractivity contribution < 1.29 is 0 Å². The summed E-state index contributed by atoms with van der Waals surface area (Å²) in [5, 5.41) is 0. The Hall–Kier alpha value is 0.180. The Morgan fingerprint density at radius 1 is 1.17 bits per heavy atom. The number of benzene rings is 1. The number of hydrogen-bond acceptors (Lipinski definition) is 0. The number of rotatable bonds is 1. The van der Waals surface area contributed by atoms with Crippen LogP contribution in [0.2, 0.25) is 0 Å². The molecule has 1 saturated carbocycles. The highest BCUT2D eigenvalue weighted by atomic mass is 79.9. The Morgan fingerprint density at radius 3 is 2.25 bits per heavy atom. The van der Waals surface area contributed by atoms with Crippen LogP contribution in [0.15, 0.2) is 30.3 Å². The summed E-state index contributed by atoms with van der Waals surface area (Å²) >= 11 is 7.37. The Morgan fingerprint density at radius 2 is 1.83 bits per heavy atom. The summed E-state index contributed by atoms with van der Waals surface area (Å²) in [6, 6.07) is 10.7. The molecule has 1 aliphatic rings. The van der Waals surface area contributed by atoms with Gasteiger partial charge in [0.15, 0.2) is 0 Å². The third-order valence-electron chi connectivity index (χ3n) is 2.48. The molecule has 0 aromatic heterocycles. The van der Waals surface area contributed by atoms with Crippen LogP contribution >= 0.6 is 31.9 Å². The molecule has 2 heteroatoms. The fraction of sp³-hybridized carbons (Fsp3) is 0.400. The number of alkyl halides is 2. The van der Waals surface area contributed by atoms with Gasteiger partial charge in [-0.05, 0) is 18.4 Å². The van der Waals surface area contributed by atoms with E-state index in [1.165, 1.54) is 18.4 Å². The summed E-state index contributed by atoms with van der Waals surface area (Å²) in [6.07, 6.45) is 2.49. The predicted octanol–water partition coefficient (Wildman–Crippen LogP) is 4.05. The molecule has 1 unspecified atom stereocenters. The van der Waals surface area contributed by atoms with E-state index in [4.69, 9.17) is 0 Å². The summed E-state index contributed by atoms with van der Waals surface area (Å²) < 4.78 is 0.168. The minimum Gasteiger partial charge on any atom is -0.0721 e. The highest BCUT2D eigenvalue weighted by Crippen LogP contribution is 2.55. The second kappa shape index (κ2) is 3.15. The van der Waals surface area contributed by atoms with Crippen LogP contribution in [0.4, 0.5) is 0 Å². The van der Waals surface area contributed by atoms with Gasteiger partial charge in [0.25, 0.3) is 0 Å². The van der Waals surface area contributed by atoms with Crippen molar-refractivity contribution in [3.8, 4) is 0 Å². The van der Waals surface area contributed by atoms with Gasteiger partial charge in [0.05, 0.1) is 3.23 Å². The van der Waals surface area contributed by atoms with E-state index in [0.717, 1.165) is 0 Å². The zero-order valence-corrected chi connectivity index (χ0v) is 9.81. The second-order valence-corrected chi connectivity index (χ2v) is 7.16. The molecular weight excluding hydrogens is 280 g/mol. The lowest BCUT2D eigenvalue weighted by Gasteiger charge is -2.41. The first kappa shape index (κ1) is 8.76. The summed E-state index contributed by atoms with van der Waals surface area (Å²) in [6.45, 7) is 0. The lowest BCUT2D eigenvalue weighted by Crippen LogP contribution is -2.33. The van der Waals surface area contributed by atoms with E-state index in [1.54, 1.807) is 0 Å². The maximum absolute atomic E-state index is 3.68. The van der Waals surface area contributed by atoms with E-state index >= 15 is 0 Å². The molecule has 1 atom stereocenters. The summed E-state index contributed by atoms with van der Waals surface area (Å²) in [5.74, 6) is 0.638. The predicted molar refractivity (Wildman–Crippen MR) is 59.0 cm³/mol. The van der Waals surface area contributed by atoms with Crippen molar-refractivity contribution in [1.82, 2.24) is 0 Å². The smallest absolute Gasteiger partial charge is 0.0721 e. The first-order valence-electron chi connectivity index (χ1n) is 4.13. The molecule has 0 N–H and O–H groups in total. The molecule has 0 amide bonds. The quantitative estimate of drug-likeness (QED) is 0.684. The van der Waals surface area contributed by atoms with Gasteiger partial charge < -0.3 is 0 Å². The van der Waals surface area contributed by atoms with Crippen LogP contribution in [0, 0.1) is 0 Å². The fourth-order valence-corrected chi connectivity index (χ4v) is 3.05. The van der Waals surface area contributed by atoms with E-state index in [2.05, 4.69) is 62.2 Å². The normalized spacial score (nSPS) is 26.3. The molecule has 1 aromatic carbocycles. The van der Waals surface area contributed by atoms with Crippen molar-refractivity contribution in [2.45, 2.75) is 22.0 Å². The lowest BCUT2D eigenvalue weighted by atomic mass is 9.80. The van der Waals surface area contributed by atoms with E-state index in [-0.39, 0.29) is 3.23 Å². The zero-order chi connectivity index (χ0) is 8.60. The van der Waals surface area contributed by atoms with Crippen LogP contribution in [0.3, 0.4) is 0 Å². The molecule has 0 bridgehead atoms. The largest absolute Gasteiger partial charge is 0.0873 e. The SMILES string of the molecule is BrC1(Br)CCC1c1ccccc1. The third kappa shape index (κ3) is 1.47. The Kier molecular flexibility index (Phi) is 2.30. The van der Waals surface area contributed by atoms with Gasteiger partial charge in [-0.2, -0.15) is 0 Å². The molecule has 0 spiro atoms. The van der Waals surface area contributed by atoms with Crippen LogP contribution in [0.1, 0.15) is 24.3 Å². The minimum atomic E-state index is 0.168. The molecule has 1 aliphatic carbocycles. The Balaban J connectivity index is 2.22. The molecule has 0 saturated heterocycles. The first-order chi connectivity index (χ1) is 5.70. The van der Waals surface area contributed by atoms with E-state index in [9.17, 15) is 0 Å². The van der Waals surface area contributed by atoms with Crippen LogP contribution in [0.5, 0.6) is 0 Å². The maximum Gasteiger partial charge on any atom is 0.0873 e. The van der Waals surface area contributed by atoms with Gasteiger partial charge in [0.2, 0.25) is 0 Å². The fourth-order valence-electron chi connectivity index (χ4n) is 1.60. The van der Waals surface area contributed by atoms with Crippen molar-refractivity contribution in [2.24, 2.45) is 0 Å². The van der Waals surface area contributed by atoms with Crippen molar-refractivity contribution in [3.63, 3.8) is 0 Å². The molecule has 1 fully saturated rings. The van der Waals surface area contributed by atoms with E-state index in [1.807, 2.05) is 0 Å². The highest BCUT2D eigenvalue weighted by molar-refractivity contribution is 9.25. The van der Waals surface area contributed by atoms with Crippen molar-refractivity contribution in [3.05, 3.63) is 35.9 Å². The van der Waals surface area contributed by atoms with E-state index < -0.39 is 0 Å². The lowest BCUT2D eigenvalue weighted by molar-refractivity contribution is 0.418. The number of hydrogen-bond donors (Lipinski definition) is 0. The Labute approximate surface area is 89.6 Å². The molecule has 0 radical (unpaired) electrons. The molecule has 1 aromatic rings. The summed E-state index contributed by atoms with van der Waals surface area (Å²) in [4.78, 5) is 0. The van der Waals surface area contributed by atoms with Crippen LogP contribution in [-0.2, 0) is 0 Å². The standard InChI is InChI=1S/C10H10Br2/c11-10(12)7-6-9(10)8-4-2-1-3-5-8/h1-5,9H,6-7H2. The van der Waals surface area contributed by atoms with Crippen LogP contribution < -0.4 is 0 Å². The van der Waals surface area contributed by atoms with Crippen LogP contribution in [-0.4, -0.2) is 3.23 Å². The molecule has 2 rings (SSSR count). The van der Waals surface area contributed by atoms with Crippen LogP contribution in [0.25, 0.3) is 0 Å². The van der Waals surface area contributed by atoms with Gasteiger partial charge in [0.1, 0.15) is 0 Å². The maximum atomic E-state index is 3.68. The van der Waals surface area contributed by atoms with Crippen molar-refractivity contribution in [1.29, 1.82) is 0 Å². The average Bonchev–Trinajstić information content (AvgIpc) is 2.05. The summed E-state index contributed by atoms with van der Waals surface area (Å²) in [7, 11) is 0. The van der Waals surface area contributed by atoms with Gasteiger partial charge in [-0.1, -0.05) is 62.2 Å². The summed E-state index contributed by atoms with van der Waals surface area (Å²) in [5.41, 5.74) is 1.43. The minimum absolute atomic E-state index is 0.168. The van der Waals surface area contributed by atoms with Crippen molar-refractivity contribution >= 4 is 31.9 Å². The molecule has 0 aliphatic heterocycles. The third-order valence-corrected chi connectivity index (χ3v) is 4.38. The van der Waals surface area contributed by atoms with Gasteiger partial charge in [-0.3, -0.25) is 0 Å². The average molecular weight is 290 g/mol. The molecule has 64 valence electrons. The highest BCUT2D eigenvalue weighted by Gasteiger charge is 2.42. The Bertz CT molecular complexity index is 266. The molecule has 0 nitrogen and oxygen atoms in total. The van der Waals surface area contributed by atoms with Gasteiger partial charge >= 0.3 is 0 Å². The van der Waals surface area contributed by atoms with Gasteiger partial charge in [0, 0.05) is 5.92 Å².